The van der Waals surface area contributed by atoms with Crippen LogP contribution in [0.2, 0.25) is 0 Å². The SMILES string of the molecule is O=C(O)C1(N2C[C@@H](Oc3ccc(C(F)(F)F)cc3)C[C@H]2COC(F)F)C=CC=CN1. The Morgan fingerprint density at radius 1 is 1.27 bits per heavy atom. The van der Waals surface area contributed by atoms with Crippen molar-refractivity contribution >= 4 is 5.97 Å². The van der Waals surface area contributed by atoms with Crippen molar-refractivity contribution in [2.75, 3.05) is 13.2 Å². The molecule has 6 nitrogen and oxygen atoms in total. The van der Waals surface area contributed by atoms with Crippen LogP contribution in [0.15, 0.2) is 48.7 Å². The summed E-state index contributed by atoms with van der Waals surface area (Å²) in [5.74, 6) is -1.10. The lowest BCUT2D eigenvalue weighted by atomic mass is 10.0. The molecule has 0 saturated carbocycles. The van der Waals surface area contributed by atoms with Crippen molar-refractivity contribution in [2.45, 2.75) is 37.0 Å². The first-order valence-corrected chi connectivity index (χ1v) is 8.98. The van der Waals surface area contributed by atoms with E-state index in [0.717, 1.165) is 24.3 Å². The Morgan fingerprint density at radius 2 is 1.97 bits per heavy atom. The summed E-state index contributed by atoms with van der Waals surface area (Å²) in [6.07, 6.45) is 0.903. The number of halogens is 5. The number of hydrogen-bond acceptors (Lipinski definition) is 5. The summed E-state index contributed by atoms with van der Waals surface area (Å²) in [5.41, 5.74) is -2.53. The molecule has 2 aliphatic rings. The van der Waals surface area contributed by atoms with Gasteiger partial charge in [0.15, 0.2) is 0 Å². The standard InChI is InChI=1S/C19H19F5N2O4/c20-17(21)29-11-13-9-15(30-14-5-3-12(4-6-14)19(22,23)24)10-26(13)18(16(27)28)7-1-2-8-25-18/h1-8,13,15,17,25H,9-11H2,(H,27,28)/t13-,15-,18?/m0/s1. The molecule has 0 aliphatic carbocycles. The number of likely N-dealkylation sites (tertiary alicyclic amines) is 1. The number of carboxylic acid groups (broad SMARTS) is 1. The minimum absolute atomic E-state index is 0.0236. The van der Waals surface area contributed by atoms with Crippen LogP contribution >= 0.6 is 0 Å². The van der Waals surface area contributed by atoms with Crippen LogP contribution in [0.4, 0.5) is 22.0 Å². The molecule has 1 saturated heterocycles. The first-order valence-electron chi connectivity index (χ1n) is 8.98. The van der Waals surface area contributed by atoms with Gasteiger partial charge >= 0.3 is 18.8 Å². The van der Waals surface area contributed by atoms with E-state index in [1.54, 1.807) is 6.08 Å². The number of nitrogens with one attached hydrogen (secondary N) is 1. The molecule has 0 spiro atoms. The van der Waals surface area contributed by atoms with Gasteiger partial charge in [0.1, 0.15) is 11.9 Å². The van der Waals surface area contributed by atoms with E-state index < -0.39 is 48.7 Å². The first-order chi connectivity index (χ1) is 14.1. The molecule has 164 valence electrons. The van der Waals surface area contributed by atoms with Crippen LogP contribution in [0.3, 0.4) is 0 Å². The van der Waals surface area contributed by atoms with E-state index in [1.165, 1.54) is 23.3 Å². The van der Waals surface area contributed by atoms with Gasteiger partial charge in [0.25, 0.3) is 0 Å². The van der Waals surface area contributed by atoms with E-state index >= 15 is 0 Å². The lowest BCUT2D eigenvalue weighted by Gasteiger charge is -2.40. The molecule has 2 heterocycles. The molecule has 1 fully saturated rings. The van der Waals surface area contributed by atoms with Crippen LogP contribution < -0.4 is 10.1 Å². The van der Waals surface area contributed by atoms with Gasteiger partial charge in [0.2, 0.25) is 5.66 Å². The van der Waals surface area contributed by atoms with E-state index in [-0.39, 0.29) is 18.7 Å². The van der Waals surface area contributed by atoms with Crippen LogP contribution in [0.5, 0.6) is 5.75 Å². The largest absolute Gasteiger partial charge is 0.489 e. The molecule has 30 heavy (non-hydrogen) atoms. The maximum Gasteiger partial charge on any atom is 0.416 e. The van der Waals surface area contributed by atoms with Gasteiger partial charge in [0, 0.05) is 19.0 Å². The molecule has 0 amide bonds. The molecule has 0 bridgehead atoms. The predicted molar refractivity (Wildman–Crippen MR) is 94.7 cm³/mol. The lowest BCUT2D eigenvalue weighted by Crippen LogP contribution is -2.64. The minimum Gasteiger partial charge on any atom is -0.489 e. The van der Waals surface area contributed by atoms with Gasteiger partial charge in [-0.25, -0.2) is 4.79 Å². The zero-order valence-corrected chi connectivity index (χ0v) is 15.5. The number of hydrogen-bond donors (Lipinski definition) is 2. The van der Waals surface area contributed by atoms with Crippen LogP contribution in [-0.4, -0.2) is 53.5 Å². The topological polar surface area (TPSA) is 71.0 Å². The number of alkyl halides is 5. The summed E-state index contributed by atoms with van der Waals surface area (Å²) in [6, 6.07) is 3.32. The summed E-state index contributed by atoms with van der Waals surface area (Å²) in [4.78, 5) is 13.5. The highest BCUT2D eigenvalue weighted by Gasteiger charge is 2.50. The van der Waals surface area contributed by atoms with E-state index in [0.29, 0.717) is 0 Å². The Hall–Kier alpha value is -2.66. The van der Waals surface area contributed by atoms with Crippen molar-refractivity contribution in [3.05, 3.63) is 54.3 Å². The van der Waals surface area contributed by atoms with Crippen molar-refractivity contribution in [2.24, 2.45) is 0 Å². The number of ether oxygens (including phenoxy) is 2. The Kier molecular flexibility index (Phi) is 6.32. The van der Waals surface area contributed by atoms with Gasteiger partial charge in [-0.15, -0.1) is 0 Å². The highest BCUT2D eigenvalue weighted by atomic mass is 19.4. The minimum atomic E-state index is -4.49. The summed E-state index contributed by atoms with van der Waals surface area (Å²) < 4.78 is 73.4. The Labute approximate surface area is 168 Å². The van der Waals surface area contributed by atoms with Gasteiger partial charge < -0.3 is 19.9 Å². The molecule has 1 unspecified atom stereocenters. The molecule has 2 N–H and O–H groups in total. The van der Waals surface area contributed by atoms with Crippen molar-refractivity contribution in [3.8, 4) is 5.75 Å². The van der Waals surface area contributed by atoms with E-state index in [4.69, 9.17) is 4.74 Å². The molecule has 1 aromatic rings. The third kappa shape index (κ3) is 4.73. The van der Waals surface area contributed by atoms with Gasteiger partial charge in [-0.05, 0) is 42.6 Å². The van der Waals surface area contributed by atoms with Crippen LogP contribution in [0.25, 0.3) is 0 Å². The van der Waals surface area contributed by atoms with Crippen molar-refractivity contribution in [1.29, 1.82) is 0 Å². The average molecular weight is 434 g/mol. The highest BCUT2D eigenvalue weighted by molar-refractivity contribution is 5.81. The molecular weight excluding hydrogens is 415 g/mol. The quantitative estimate of drug-likeness (QED) is 0.643. The molecule has 1 aromatic carbocycles. The molecular formula is C19H19F5N2O4. The summed E-state index contributed by atoms with van der Waals surface area (Å²) in [5, 5.41) is 12.5. The van der Waals surface area contributed by atoms with Crippen molar-refractivity contribution in [1.82, 2.24) is 10.2 Å². The van der Waals surface area contributed by atoms with Crippen LogP contribution in [0, 0.1) is 0 Å². The van der Waals surface area contributed by atoms with Gasteiger partial charge in [-0.3, -0.25) is 4.90 Å². The second-order valence-corrected chi connectivity index (χ2v) is 6.83. The van der Waals surface area contributed by atoms with E-state index in [2.05, 4.69) is 10.1 Å². The summed E-state index contributed by atoms with van der Waals surface area (Å²) in [6.45, 7) is -3.45. The van der Waals surface area contributed by atoms with Crippen LogP contribution in [0.1, 0.15) is 12.0 Å². The van der Waals surface area contributed by atoms with Gasteiger partial charge in [-0.2, -0.15) is 22.0 Å². The Balaban J connectivity index is 1.78. The molecule has 2 aliphatic heterocycles. The fourth-order valence-electron chi connectivity index (χ4n) is 3.56. The average Bonchev–Trinajstić information content (AvgIpc) is 3.09. The second kappa shape index (κ2) is 8.60. The number of nitrogens with zero attached hydrogens (tertiary/aromatic N) is 1. The molecule has 3 rings (SSSR count). The Bertz CT molecular complexity index is 812. The predicted octanol–water partition coefficient (Wildman–Crippen LogP) is 3.22. The van der Waals surface area contributed by atoms with E-state index in [1.807, 2.05) is 0 Å². The van der Waals surface area contributed by atoms with Gasteiger partial charge in [0.05, 0.1) is 12.2 Å². The number of allylic oxidation sites excluding steroid dienone is 2. The van der Waals surface area contributed by atoms with Crippen LogP contribution in [-0.2, 0) is 15.7 Å². The van der Waals surface area contributed by atoms with E-state index in [9.17, 15) is 31.9 Å². The Morgan fingerprint density at radius 3 is 2.50 bits per heavy atom. The van der Waals surface area contributed by atoms with Gasteiger partial charge in [-0.1, -0.05) is 6.08 Å². The summed E-state index contributed by atoms with van der Waals surface area (Å²) >= 11 is 0. The normalized spacial score (nSPS) is 26.7. The lowest BCUT2D eigenvalue weighted by molar-refractivity contribution is -0.158. The monoisotopic (exact) mass is 434 g/mol. The third-order valence-corrected chi connectivity index (χ3v) is 4.90. The smallest absolute Gasteiger partial charge is 0.416 e. The number of carboxylic acids is 1. The zero-order chi connectivity index (χ0) is 21.9. The zero-order valence-electron chi connectivity index (χ0n) is 15.5. The fraction of sp³-hybridized carbons (Fsp3) is 0.421. The maximum absolute atomic E-state index is 12.7. The number of benzene rings is 1. The molecule has 0 aromatic heterocycles. The van der Waals surface area contributed by atoms with Crippen molar-refractivity contribution < 1.29 is 41.3 Å². The third-order valence-electron chi connectivity index (χ3n) is 4.90. The number of rotatable bonds is 7. The maximum atomic E-state index is 12.7. The fourth-order valence-corrected chi connectivity index (χ4v) is 3.56. The molecule has 0 radical (unpaired) electrons. The molecule has 11 heteroatoms. The second-order valence-electron chi connectivity index (χ2n) is 6.83. The summed E-state index contributed by atoms with van der Waals surface area (Å²) in [7, 11) is 0. The van der Waals surface area contributed by atoms with Crippen molar-refractivity contribution in [3.63, 3.8) is 0 Å². The highest BCUT2D eigenvalue weighted by Crippen LogP contribution is 2.33. The number of aliphatic carboxylic acids is 1. The first kappa shape index (κ1) is 22.0. The number of dihydropyridines is 1. The molecule has 3 atom stereocenters. The number of carbonyl (C=O) groups is 1.